The van der Waals surface area contributed by atoms with Gasteiger partial charge in [-0.05, 0) is 37.5 Å². The summed E-state index contributed by atoms with van der Waals surface area (Å²) in [6.07, 6.45) is 8.36. The summed E-state index contributed by atoms with van der Waals surface area (Å²) in [5.41, 5.74) is 7.14. The minimum atomic E-state index is 0.477. The van der Waals surface area contributed by atoms with Gasteiger partial charge in [-0.15, -0.1) is 11.3 Å². The third kappa shape index (κ3) is 2.60. The van der Waals surface area contributed by atoms with Gasteiger partial charge in [0.2, 0.25) is 0 Å². The molecule has 2 unspecified atom stereocenters. The average Bonchev–Trinajstić information content (AvgIpc) is 2.91. The molecule has 1 saturated carbocycles. The van der Waals surface area contributed by atoms with E-state index in [0.29, 0.717) is 12.5 Å². The predicted molar refractivity (Wildman–Crippen MR) is 86.4 cm³/mol. The maximum atomic E-state index is 5.92. The molecular formula is C16H27N3S. The highest BCUT2D eigenvalue weighted by molar-refractivity contribution is 7.15. The fourth-order valence-electron chi connectivity index (χ4n) is 3.93. The lowest BCUT2D eigenvalue weighted by atomic mass is 9.78. The number of thiazole rings is 1. The van der Waals surface area contributed by atoms with E-state index in [0.717, 1.165) is 12.0 Å². The van der Waals surface area contributed by atoms with Crippen LogP contribution in [-0.4, -0.2) is 17.6 Å². The molecule has 0 spiro atoms. The van der Waals surface area contributed by atoms with Crippen molar-refractivity contribution < 1.29 is 0 Å². The fourth-order valence-corrected chi connectivity index (χ4v) is 5.11. The summed E-state index contributed by atoms with van der Waals surface area (Å²) in [5, 5.41) is 1.24. The SMILES string of the molecule is CC(C)c1nc(N2CCCC3CCCCC32)sc1CN. The molecule has 3 rings (SSSR count). The molecule has 0 bridgehead atoms. The molecule has 1 saturated heterocycles. The number of hydrogen-bond donors (Lipinski definition) is 1. The van der Waals surface area contributed by atoms with Gasteiger partial charge in [-0.3, -0.25) is 0 Å². The molecule has 20 heavy (non-hydrogen) atoms. The molecule has 0 aromatic carbocycles. The molecule has 1 aliphatic heterocycles. The minimum absolute atomic E-state index is 0.477. The van der Waals surface area contributed by atoms with Gasteiger partial charge in [-0.25, -0.2) is 4.98 Å². The molecule has 4 heteroatoms. The van der Waals surface area contributed by atoms with E-state index in [2.05, 4.69) is 18.7 Å². The average molecular weight is 293 g/mol. The van der Waals surface area contributed by atoms with Crippen molar-refractivity contribution in [2.24, 2.45) is 11.7 Å². The topological polar surface area (TPSA) is 42.2 Å². The molecule has 1 aliphatic carbocycles. The Kier molecular flexibility index (Phi) is 4.32. The van der Waals surface area contributed by atoms with E-state index in [-0.39, 0.29) is 0 Å². The number of anilines is 1. The summed E-state index contributed by atoms with van der Waals surface area (Å²) >= 11 is 1.84. The van der Waals surface area contributed by atoms with Crippen molar-refractivity contribution >= 4 is 16.5 Å². The van der Waals surface area contributed by atoms with Crippen molar-refractivity contribution in [2.45, 2.75) is 70.9 Å². The van der Waals surface area contributed by atoms with E-state index in [4.69, 9.17) is 10.7 Å². The van der Waals surface area contributed by atoms with Crippen LogP contribution < -0.4 is 10.6 Å². The van der Waals surface area contributed by atoms with Crippen molar-refractivity contribution in [3.8, 4) is 0 Å². The van der Waals surface area contributed by atoms with Crippen LogP contribution in [0.2, 0.25) is 0 Å². The lowest BCUT2D eigenvalue weighted by Gasteiger charge is -2.44. The van der Waals surface area contributed by atoms with Gasteiger partial charge in [0.1, 0.15) is 0 Å². The van der Waals surface area contributed by atoms with Crippen LogP contribution in [0.25, 0.3) is 0 Å². The van der Waals surface area contributed by atoms with Gasteiger partial charge >= 0.3 is 0 Å². The van der Waals surface area contributed by atoms with Crippen molar-refractivity contribution in [3.63, 3.8) is 0 Å². The monoisotopic (exact) mass is 293 g/mol. The van der Waals surface area contributed by atoms with Gasteiger partial charge in [0.15, 0.2) is 5.13 Å². The number of hydrogen-bond acceptors (Lipinski definition) is 4. The smallest absolute Gasteiger partial charge is 0.186 e. The maximum absolute atomic E-state index is 5.92. The van der Waals surface area contributed by atoms with Crippen LogP contribution >= 0.6 is 11.3 Å². The normalized spacial score (nSPS) is 26.9. The molecule has 3 nitrogen and oxygen atoms in total. The second-order valence-electron chi connectivity index (χ2n) is 6.61. The van der Waals surface area contributed by atoms with Gasteiger partial charge in [-0.1, -0.05) is 26.7 Å². The number of aromatic nitrogens is 1. The number of piperidine rings is 1. The summed E-state index contributed by atoms with van der Waals surface area (Å²) in [7, 11) is 0. The van der Waals surface area contributed by atoms with Crippen LogP contribution in [0.15, 0.2) is 0 Å². The lowest BCUT2D eigenvalue weighted by molar-refractivity contribution is 0.243. The van der Waals surface area contributed by atoms with Gasteiger partial charge in [0, 0.05) is 24.0 Å². The molecule has 1 aromatic rings. The highest BCUT2D eigenvalue weighted by Gasteiger charge is 2.34. The van der Waals surface area contributed by atoms with E-state index in [9.17, 15) is 0 Å². The van der Waals surface area contributed by atoms with E-state index in [1.807, 2.05) is 11.3 Å². The second kappa shape index (κ2) is 6.02. The van der Waals surface area contributed by atoms with Crippen molar-refractivity contribution in [2.75, 3.05) is 11.4 Å². The molecule has 2 aliphatic rings. The van der Waals surface area contributed by atoms with Gasteiger partial charge in [0.05, 0.1) is 5.69 Å². The van der Waals surface area contributed by atoms with E-state index < -0.39 is 0 Å². The first-order valence-electron chi connectivity index (χ1n) is 8.17. The Labute approximate surface area is 126 Å². The summed E-state index contributed by atoms with van der Waals surface area (Å²) in [6, 6.07) is 0.745. The Hall–Kier alpha value is -0.610. The van der Waals surface area contributed by atoms with Crippen LogP contribution in [0.1, 0.15) is 68.9 Å². The zero-order valence-electron chi connectivity index (χ0n) is 12.8. The van der Waals surface area contributed by atoms with Crippen LogP contribution in [0.3, 0.4) is 0 Å². The largest absolute Gasteiger partial charge is 0.345 e. The van der Waals surface area contributed by atoms with Crippen LogP contribution in [0, 0.1) is 5.92 Å². The fraction of sp³-hybridized carbons (Fsp3) is 0.812. The van der Waals surface area contributed by atoms with Crippen LogP contribution in [0.4, 0.5) is 5.13 Å². The summed E-state index contributed by atoms with van der Waals surface area (Å²) in [5.74, 6) is 1.38. The minimum Gasteiger partial charge on any atom is -0.345 e. The van der Waals surface area contributed by atoms with Gasteiger partial charge in [0.25, 0.3) is 0 Å². The van der Waals surface area contributed by atoms with E-state index >= 15 is 0 Å². The third-order valence-corrected chi connectivity index (χ3v) is 6.07. The Morgan fingerprint density at radius 3 is 2.70 bits per heavy atom. The second-order valence-corrected chi connectivity index (χ2v) is 7.67. The summed E-state index contributed by atoms with van der Waals surface area (Å²) in [4.78, 5) is 8.86. The molecular weight excluding hydrogens is 266 g/mol. The molecule has 0 radical (unpaired) electrons. The predicted octanol–water partition coefficient (Wildman–Crippen LogP) is 3.88. The summed E-state index contributed by atoms with van der Waals surface area (Å²) < 4.78 is 0. The quantitative estimate of drug-likeness (QED) is 0.919. The standard InChI is InChI=1S/C16H27N3S/c1-11(2)15-14(10-17)20-16(18-15)19-9-5-7-12-6-3-4-8-13(12)19/h11-13H,3-10,17H2,1-2H3. The van der Waals surface area contributed by atoms with Gasteiger partial charge < -0.3 is 10.6 Å². The maximum Gasteiger partial charge on any atom is 0.186 e. The molecule has 2 heterocycles. The zero-order chi connectivity index (χ0) is 14.1. The molecule has 112 valence electrons. The first-order chi connectivity index (χ1) is 9.70. The highest BCUT2D eigenvalue weighted by atomic mass is 32.1. The Bertz CT molecular complexity index is 453. The first-order valence-corrected chi connectivity index (χ1v) is 8.98. The lowest BCUT2D eigenvalue weighted by Crippen LogP contribution is -2.46. The Balaban J connectivity index is 1.87. The molecule has 0 amide bonds. The Morgan fingerprint density at radius 2 is 2.00 bits per heavy atom. The van der Waals surface area contributed by atoms with Crippen LogP contribution in [0.5, 0.6) is 0 Å². The first kappa shape index (κ1) is 14.3. The summed E-state index contributed by atoms with van der Waals surface area (Å²) in [6.45, 7) is 6.26. The molecule has 2 atom stereocenters. The number of rotatable bonds is 3. The van der Waals surface area contributed by atoms with Crippen molar-refractivity contribution in [3.05, 3.63) is 10.6 Å². The highest BCUT2D eigenvalue weighted by Crippen LogP contribution is 2.40. The van der Waals surface area contributed by atoms with E-state index in [1.54, 1.807) is 0 Å². The number of fused-ring (bicyclic) bond motifs is 1. The third-order valence-electron chi connectivity index (χ3n) is 4.94. The van der Waals surface area contributed by atoms with Gasteiger partial charge in [-0.2, -0.15) is 0 Å². The van der Waals surface area contributed by atoms with Crippen LogP contribution in [-0.2, 0) is 6.54 Å². The van der Waals surface area contributed by atoms with E-state index in [1.165, 1.54) is 60.8 Å². The van der Waals surface area contributed by atoms with Crippen molar-refractivity contribution in [1.82, 2.24) is 4.98 Å². The van der Waals surface area contributed by atoms with Crippen molar-refractivity contribution in [1.29, 1.82) is 0 Å². The number of nitrogens with two attached hydrogens (primary N) is 1. The zero-order valence-corrected chi connectivity index (χ0v) is 13.6. The molecule has 1 aromatic heterocycles. The molecule has 2 N–H and O–H groups in total. The molecule has 2 fully saturated rings. The Morgan fingerprint density at radius 1 is 1.25 bits per heavy atom. The number of nitrogens with zero attached hydrogens (tertiary/aromatic N) is 2.